The van der Waals surface area contributed by atoms with Gasteiger partial charge in [-0.05, 0) is 49.2 Å². The predicted molar refractivity (Wildman–Crippen MR) is 79.5 cm³/mol. The van der Waals surface area contributed by atoms with E-state index in [4.69, 9.17) is 0 Å². The van der Waals surface area contributed by atoms with E-state index in [1.54, 1.807) is 0 Å². The first kappa shape index (κ1) is 13.6. The van der Waals surface area contributed by atoms with Gasteiger partial charge in [-0.1, -0.05) is 13.0 Å². The Balaban J connectivity index is 1.67. The fourth-order valence-electron chi connectivity index (χ4n) is 3.26. The molecule has 0 radical (unpaired) electrons. The summed E-state index contributed by atoms with van der Waals surface area (Å²) < 4.78 is 0. The van der Waals surface area contributed by atoms with Crippen molar-refractivity contribution in [3.63, 3.8) is 0 Å². The molecule has 4 nitrogen and oxygen atoms in total. The molecule has 2 heterocycles. The summed E-state index contributed by atoms with van der Waals surface area (Å²) >= 11 is 0. The van der Waals surface area contributed by atoms with Crippen LogP contribution in [0, 0.1) is 5.92 Å². The van der Waals surface area contributed by atoms with E-state index in [1.807, 2.05) is 12.1 Å². The van der Waals surface area contributed by atoms with E-state index in [2.05, 4.69) is 35.6 Å². The number of amides is 1. The average molecular weight is 273 g/mol. The van der Waals surface area contributed by atoms with Crippen LogP contribution in [0.25, 0.3) is 0 Å². The second kappa shape index (κ2) is 5.54. The Kier molecular flexibility index (Phi) is 3.76. The van der Waals surface area contributed by atoms with Crippen molar-refractivity contribution in [2.24, 2.45) is 5.92 Å². The molecule has 2 aliphatic rings. The summed E-state index contributed by atoms with van der Waals surface area (Å²) in [5, 5.41) is 6.52. The van der Waals surface area contributed by atoms with Gasteiger partial charge in [0.05, 0.1) is 0 Å². The zero-order valence-electron chi connectivity index (χ0n) is 12.3. The van der Waals surface area contributed by atoms with Crippen LogP contribution in [-0.2, 0) is 13.1 Å². The van der Waals surface area contributed by atoms with E-state index < -0.39 is 0 Å². The Morgan fingerprint density at radius 2 is 2.15 bits per heavy atom. The minimum atomic E-state index is 0.0705. The summed E-state index contributed by atoms with van der Waals surface area (Å²) in [6.07, 6.45) is 1.04. The molecule has 3 rings (SSSR count). The van der Waals surface area contributed by atoms with Crippen LogP contribution in [0.3, 0.4) is 0 Å². The molecular weight excluding hydrogens is 250 g/mol. The van der Waals surface area contributed by atoms with E-state index >= 15 is 0 Å². The smallest absolute Gasteiger partial charge is 0.251 e. The largest absolute Gasteiger partial charge is 0.349 e. The minimum absolute atomic E-state index is 0.0705. The van der Waals surface area contributed by atoms with Crippen molar-refractivity contribution in [3.05, 3.63) is 34.9 Å². The first-order valence-electron chi connectivity index (χ1n) is 7.45. The zero-order chi connectivity index (χ0) is 14.1. The maximum atomic E-state index is 12.4. The Morgan fingerprint density at radius 3 is 2.95 bits per heavy atom. The van der Waals surface area contributed by atoms with E-state index in [0.29, 0.717) is 12.0 Å². The van der Waals surface area contributed by atoms with Gasteiger partial charge in [-0.15, -0.1) is 0 Å². The monoisotopic (exact) mass is 273 g/mol. The second-order valence-electron chi connectivity index (χ2n) is 6.20. The molecule has 0 saturated carbocycles. The van der Waals surface area contributed by atoms with Crippen molar-refractivity contribution in [1.29, 1.82) is 0 Å². The van der Waals surface area contributed by atoms with Gasteiger partial charge >= 0.3 is 0 Å². The number of nitrogens with one attached hydrogen (secondary N) is 2. The van der Waals surface area contributed by atoms with Crippen LogP contribution in [0.1, 0.15) is 34.8 Å². The molecule has 108 valence electrons. The third-order valence-corrected chi connectivity index (χ3v) is 4.52. The van der Waals surface area contributed by atoms with Gasteiger partial charge in [0, 0.05) is 31.2 Å². The van der Waals surface area contributed by atoms with Gasteiger partial charge in [0.15, 0.2) is 0 Å². The van der Waals surface area contributed by atoms with Gasteiger partial charge in [0.1, 0.15) is 0 Å². The van der Waals surface area contributed by atoms with Gasteiger partial charge < -0.3 is 15.5 Å². The molecule has 0 aromatic heterocycles. The standard InChI is InChI=1S/C16H23N3O/c1-11-10-19(2)6-5-15(11)18-16(20)12-3-4-13-8-17-9-14(13)7-12/h3-4,7,11,15,17H,5-6,8-10H2,1-2H3,(H,18,20). The highest BCUT2D eigenvalue weighted by Crippen LogP contribution is 2.19. The van der Waals surface area contributed by atoms with Gasteiger partial charge in [-0.25, -0.2) is 0 Å². The van der Waals surface area contributed by atoms with E-state index in [-0.39, 0.29) is 5.91 Å². The van der Waals surface area contributed by atoms with Crippen LogP contribution in [0.4, 0.5) is 0 Å². The number of benzene rings is 1. The van der Waals surface area contributed by atoms with E-state index in [1.165, 1.54) is 11.1 Å². The molecule has 0 spiro atoms. The topological polar surface area (TPSA) is 44.4 Å². The molecule has 2 atom stereocenters. The maximum absolute atomic E-state index is 12.4. The van der Waals surface area contributed by atoms with Gasteiger partial charge in [-0.3, -0.25) is 4.79 Å². The molecule has 2 N–H and O–H groups in total. The lowest BCUT2D eigenvalue weighted by Crippen LogP contribution is -2.48. The van der Waals surface area contributed by atoms with Crippen molar-refractivity contribution in [3.8, 4) is 0 Å². The van der Waals surface area contributed by atoms with Crippen LogP contribution in [0.5, 0.6) is 0 Å². The highest BCUT2D eigenvalue weighted by atomic mass is 16.1. The lowest BCUT2D eigenvalue weighted by atomic mass is 9.94. The molecule has 20 heavy (non-hydrogen) atoms. The number of fused-ring (bicyclic) bond motifs is 1. The molecule has 1 aromatic carbocycles. The summed E-state index contributed by atoms with van der Waals surface area (Å²) in [5.41, 5.74) is 3.36. The van der Waals surface area contributed by atoms with Crippen LogP contribution in [-0.4, -0.2) is 37.0 Å². The van der Waals surface area contributed by atoms with Crippen LogP contribution in [0.2, 0.25) is 0 Å². The van der Waals surface area contributed by atoms with Crippen molar-refractivity contribution in [2.75, 3.05) is 20.1 Å². The van der Waals surface area contributed by atoms with Gasteiger partial charge in [0.2, 0.25) is 0 Å². The summed E-state index contributed by atoms with van der Waals surface area (Å²) in [6, 6.07) is 6.35. The molecule has 0 bridgehead atoms. The van der Waals surface area contributed by atoms with E-state index in [0.717, 1.165) is 38.2 Å². The lowest BCUT2D eigenvalue weighted by molar-refractivity contribution is 0.0884. The van der Waals surface area contributed by atoms with Crippen molar-refractivity contribution in [1.82, 2.24) is 15.5 Å². The minimum Gasteiger partial charge on any atom is -0.349 e. The Labute approximate surface area is 120 Å². The second-order valence-corrected chi connectivity index (χ2v) is 6.20. The van der Waals surface area contributed by atoms with Gasteiger partial charge in [0.25, 0.3) is 5.91 Å². The first-order valence-corrected chi connectivity index (χ1v) is 7.45. The molecule has 1 fully saturated rings. The quantitative estimate of drug-likeness (QED) is 0.855. The highest BCUT2D eigenvalue weighted by Gasteiger charge is 2.26. The predicted octanol–water partition coefficient (Wildman–Crippen LogP) is 1.36. The van der Waals surface area contributed by atoms with Gasteiger partial charge in [-0.2, -0.15) is 0 Å². The fraction of sp³-hybridized carbons (Fsp3) is 0.562. The zero-order valence-corrected chi connectivity index (χ0v) is 12.3. The first-order chi connectivity index (χ1) is 9.63. The highest BCUT2D eigenvalue weighted by molar-refractivity contribution is 5.94. The third-order valence-electron chi connectivity index (χ3n) is 4.52. The SMILES string of the molecule is CC1CN(C)CCC1NC(=O)c1ccc2c(c1)CNC2. The molecule has 1 amide bonds. The fourth-order valence-corrected chi connectivity index (χ4v) is 3.26. The lowest BCUT2D eigenvalue weighted by Gasteiger charge is -2.35. The number of piperidine rings is 1. The normalized spacial score (nSPS) is 26.3. The summed E-state index contributed by atoms with van der Waals surface area (Å²) in [4.78, 5) is 14.7. The average Bonchev–Trinajstić information content (AvgIpc) is 2.89. The van der Waals surface area contributed by atoms with E-state index in [9.17, 15) is 4.79 Å². The van der Waals surface area contributed by atoms with Crippen molar-refractivity contribution < 1.29 is 4.79 Å². The number of hydrogen-bond donors (Lipinski definition) is 2. The summed E-state index contributed by atoms with van der Waals surface area (Å²) in [6.45, 7) is 6.12. The summed E-state index contributed by atoms with van der Waals surface area (Å²) in [7, 11) is 2.14. The molecule has 2 aliphatic heterocycles. The molecular formula is C16H23N3O. The Morgan fingerprint density at radius 1 is 1.35 bits per heavy atom. The maximum Gasteiger partial charge on any atom is 0.251 e. The Hall–Kier alpha value is -1.39. The number of carbonyl (C=O) groups is 1. The van der Waals surface area contributed by atoms with Crippen LogP contribution < -0.4 is 10.6 Å². The molecule has 0 aliphatic carbocycles. The van der Waals surface area contributed by atoms with Crippen molar-refractivity contribution in [2.45, 2.75) is 32.5 Å². The van der Waals surface area contributed by atoms with Crippen LogP contribution >= 0.6 is 0 Å². The van der Waals surface area contributed by atoms with Crippen molar-refractivity contribution >= 4 is 5.91 Å². The number of rotatable bonds is 2. The van der Waals surface area contributed by atoms with Crippen LogP contribution in [0.15, 0.2) is 18.2 Å². The molecule has 2 unspecified atom stereocenters. The molecule has 1 saturated heterocycles. The molecule has 1 aromatic rings. The summed E-state index contributed by atoms with van der Waals surface area (Å²) in [5.74, 6) is 0.579. The third kappa shape index (κ3) is 2.72. The molecule has 4 heteroatoms. The number of hydrogen-bond acceptors (Lipinski definition) is 3. The number of nitrogens with zero attached hydrogens (tertiary/aromatic N) is 1. The Bertz CT molecular complexity index is 514. The number of likely N-dealkylation sites (tertiary alicyclic amines) is 1. The number of carbonyl (C=O) groups excluding carboxylic acids is 1.